The number of aromatic nitrogens is 2. The summed E-state index contributed by atoms with van der Waals surface area (Å²) in [4.78, 5) is 4.15. The lowest BCUT2D eigenvalue weighted by Crippen LogP contribution is -2.15. The van der Waals surface area contributed by atoms with Crippen LogP contribution in [0.3, 0.4) is 0 Å². The number of imidazole rings is 1. The molecule has 2 atom stereocenters. The average Bonchev–Trinajstić information content (AvgIpc) is 2.49. The van der Waals surface area contributed by atoms with E-state index in [0.29, 0.717) is 12.0 Å². The van der Waals surface area contributed by atoms with Gasteiger partial charge in [0.15, 0.2) is 0 Å². The molecule has 1 rings (SSSR count). The van der Waals surface area contributed by atoms with Crippen LogP contribution >= 0.6 is 0 Å². The van der Waals surface area contributed by atoms with Crippen molar-refractivity contribution in [2.75, 3.05) is 0 Å². The molecule has 14 heavy (non-hydrogen) atoms. The molecule has 0 aromatic carbocycles. The van der Waals surface area contributed by atoms with Crippen LogP contribution in [0.25, 0.3) is 0 Å². The maximum atomic E-state index is 5.87. The zero-order valence-corrected chi connectivity index (χ0v) is 9.57. The Kier molecular flexibility index (Phi) is 3.69. The van der Waals surface area contributed by atoms with Crippen LogP contribution in [0, 0.1) is 5.92 Å². The smallest absolute Gasteiger partial charge is 0.0951 e. The van der Waals surface area contributed by atoms with E-state index < -0.39 is 0 Å². The Morgan fingerprint density at radius 2 is 2.00 bits per heavy atom. The van der Waals surface area contributed by atoms with Crippen LogP contribution < -0.4 is 5.73 Å². The van der Waals surface area contributed by atoms with Crippen LogP contribution in [-0.2, 0) is 0 Å². The third-order valence-electron chi connectivity index (χ3n) is 2.45. The summed E-state index contributed by atoms with van der Waals surface area (Å²) in [5.74, 6) is 0.702. The van der Waals surface area contributed by atoms with E-state index >= 15 is 0 Å². The summed E-state index contributed by atoms with van der Waals surface area (Å²) in [6.07, 6.45) is 4.91. The molecule has 0 aliphatic rings. The molecule has 1 unspecified atom stereocenters. The molecular formula is C11H21N3. The van der Waals surface area contributed by atoms with Crippen molar-refractivity contribution in [1.29, 1.82) is 0 Å². The number of nitrogens with two attached hydrogens (primary N) is 1. The van der Waals surface area contributed by atoms with E-state index in [1.165, 1.54) is 0 Å². The maximum Gasteiger partial charge on any atom is 0.0951 e. The van der Waals surface area contributed by atoms with Crippen LogP contribution in [0.5, 0.6) is 0 Å². The van der Waals surface area contributed by atoms with E-state index in [1.54, 1.807) is 0 Å². The number of hydrogen-bond acceptors (Lipinski definition) is 2. The second-order valence-electron chi connectivity index (χ2n) is 4.49. The van der Waals surface area contributed by atoms with Gasteiger partial charge in [0.05, 0.1) is 12.0 Å². The molecule has 3 heteroatoms. The number of hydrogen-bond donors (Lipinski definition) is 1. The van der Waals surface area contributed by atoms with E-state index in [4.69, 9.17) is 5.73 Å². The summed E-state index contributed by atoms with van der Waals surface area (Å²) >= 11 is 0. The van der Waals surface area contributed by atoms with Crippen LogP contribution in [0.1, 0.15) is 51.9 Å². The third-order valence-corrected chi connectivity index (χ3v) is 2.45. The van der Waals surface area contributed by atoms with Crippen molar-refractivity contribution in [2.45, 2.75) is 46.2 Å². The SMILES string of the molecule is CC(C)CC(C)n1cncc1[C@H](C)N. The highest BCUT2D eigenvalue weighted by atomic mass is 15.1. The fourth-order valence-electron chi connectivity index (χ4n) is 1.83. The Balaban J connectivity index is 2.78. The maximum absolute atomic E-state index is 5.87. The molecule has 1 heterocycles. The highest BCUT2D eigenvalue weighted by Crippen LogP contribution is 2.20. The lowest BCUT2D eigenvalue weighted by molar-refractivity contribution is 0.414. The van der Waals surface area contributed by atoms with Crippen molar-refractivity contribution in [3.63, 3.8) is 0 Å². The van der Waals surface area contributed by atoms with Crippen LogP contribution in [-0.4, -0.2) is 9.55 Å². The molecule has 0 fully saturated rings. The zero-order valence-electron chi connectivity index (χ0n) is 9.57. The van der Waals surface area contributed by atoms with Crippen molar-refractivity contribution in [3.8, 4) is 0 Å². The molecule has 0 saturated heterocycles. The molecule has 0 aliphatic carbocycles. The fourth-order valence-corrected chi connectivity index (χ4v) is 1.83. The van der Waals surface area contributed by atoms with Gasteiger partial charge in [0, 0.05) is 18.3 Å². The highest BCUT2D eigenvalue weighted by molar-refractivity contribution is 5.04. The fraction of sp³-hybridized carbons (Fsp3) is 0.727. The first-order valence-corrected chi connectivity index (χ1v) is 5.29. The molecule has 80 valence electrons. The first-order chi connectivity index (χ1) is 6.52. The van der Waals surface area contributed by atoms with Gasteiger partial charge in [-0.25, -0.2) is 4.98 Å². The topological polar surface area (TPSA) is 43.8 Å². The zero-order chi connectivity index (χ0) is 10.7. The van der Waals surface area contributed by atoms with Crippen molar-refractivity contribution in [1.82, 2.24) is 9.55 Å². The van der Waals surface area contributed by atoms with E-state index in [0.717, 1.165) is 12.1 Å². The first kappa shape index (κ1) is 11.2. The van der Waals surface area contributed by atoms with Gasteiger partial charge in [0.2, 0.25) is 0 Å². The minimum absolute atomic E-state index is 0.0621. The van der Waals surface area contributed by atoms with E-state index in [-0.39, 0.29) is 6.04 Å². The predicted molar refractivity (Wildman–Crippen MR) is 59.0 cm³/mol. The number of rotatable bonds is 4. The normalized spacial score (nSPS) is 15.9. The van der Waals surface area contributed by atoms with Gasteiger partial charge in [-0.1, -0.05) is 13.8 Å². The van der Waals surface area contributed by atoms with E-state index in [1.807, 2.05) is 19.4 Å². The molecule has 0 bridgehead atoms. The van der Waals surface area contributed by atoms with Gasteiger partial charge in [-0.15, -0.1) is 0 Å². The minimum Gasteiger partial charge on any atom is -0.330 e. The highest BCUT2D eigenvalue weighted by Gasteiger charge is 2.13. The summed E-state index contributed by atoms with van der Waals surface area (Å²) in [6.45, 7) is 8.68. The summed E-state index contributed by atoms with van der Waals surface area (Å²) in [5.41, 5.74) is 6.99. The standard InChI is InChI=1S/C11H21N3/c1-8(2)5-9(3)14-7-13-6-11(14)10(4)12/h6-10H,5,12H2,1-4H3/t9?,10-/m0/s1. The van der Waals surface area contributed by atoms with Crippen LogP contribution in [0.4, 0.5) is 0 Å². The summed E-state index contributed by atoms with van der Waals surface area (Å²) in [5, 5.41) is 0. The Labute approximate surface area is 86.3 Å². The van der Waals surface area contributed by atoms with Crippen molar-refractivity contribution in [2.24, 2.45) is 11.7 Å². The summed E-state index contributed by atoms with van der Waals surface area (Å²) in [6, 6.07) is 0.547. The van der Waals surface area contributed by atoms with Crippen molar-refractivity contribution in [3.05, 3.63) is 18.2 Å². The van der Waals surface area contributed by atoms with Gasteiger partial charge in [-0.3, -0.25) is 0 Å². The lowest BCUT2D eigenvalue weighted by Gasteiger charge is -2.19. The Bertz CT molecular complexity index is 276. The second-order valence-corrected chi connectivity index (χ2v) is 4.49. The Morgan fingerprint density at radius 3 is 2.50 bits per heavy atom. The van der Waals surface area contributed by atoms with Crippen molar-refractivity contribution < 1.29 is 0 Å². The molecule has 0 amide bonds. The van der Waals surface area contributed by atoms with Gasteiger partial charge < -0.3 is 10.3 Å². The monoisotopic (exact) mass is 195 g/mol. The largest absolute Gasteiger partial charge is 0.330 e. The summed E-state index contributed by atoms with van der Waals surface area (Å²) < 4.78 is 2.19. The van der Waals surface area contributed by atoms with Gasteiger partial charge in [0.1, 0.15) is 0 Å². The molecule has 0 spiro atoms. The average molecular weight is 195 g/mol. The molecule has 0 radical (unpaired) electrons. The minimum atomic E-state index is 0.0621. The molecule has 2 N–H and O–H groups in total. The molecule has 0 aliphatic heterocycles. The first-order valence-electron chi connectivity index (χ1n) is 5.29. The van der Waals surface area contributed by atoms with Gasteiger partial charge >= 0.3 is 0 Å². The van der Waals surface area contributed by atoms with Gasteiger partial charge in [0.25, 0.3) is 0 Å². The van der Waals surface area contributed by atoms with Crippen LogP contribution in [0.2, 0.25) is 0 Å². The molecule has 1 aromatic heterocycles. The lowest BCUT2D eigenvalue weighted by atomic mass is 10.0. The van der Waals surface area contributed by atoms with Gasteiger partial charge in [-0.05, 0) is 26.2 Å². The Hall–Kier alpha value is -0.830. The van der Waals surface area contributed by atoms with Crippen LogP contribution in [0.15, 0.2) is 12.5 Å². The number of nitrogens with zero attached hydrogens (tertiary/aromatic N) is 2. The summed E-state index contributed by atoms with van der Waals surface area (Å²) in [7, 11) is 0. The molecule has 1 aromatic rings. The Morgan fingerprint density at radius 1 is 1.36 bits per heavy atom. The van der Waals surface area contributed by atoms with E-state index in [9.17, 15) is 0 Å². The molecule has 0 saturated carbocycles. The molecular weight excluding hydrogens is 174 g/mol. The third kappa shape index (κ3) is 2.58. The predicted octanol–water partition coefficient (Wildman–Crippen LogP) is 2.51. The van der Waals surface area contributed by atoms with Crippen molar-refractivity contribution >= 4 is 0 Å². The molecule has 3 nitrogen and oxygen atoms in total. The quantitative estimate of drug-likeness (QED) is 0.802. The second kappa shape index (κ2) is 4.60. The van der Waals surface area contributed by atoms with E-state index in [2.05, 4.69) is 30.3 Å². The van der Waals surface area contributed by atoms with Gasteiger partial charge in [-0.2, -0.15) is 0 Å².